The van der Waals surface area contributed by atoms with Gasteiger partial charge in [-0.25, -0.2) is 14.8 Å². The van der Waals surface area contributed by atoms with Crippen molar-refractivity contribution in [2.75, 3.05) is 0 Å². The second kappa shape index (κ2) is 7.48. The number of carbonyl (C=O) groups is 1. The highest BCUT2D eigenvalue weighted by Crippen LogP contribution is 2.25. The molecule has 2 aromatic carbocycles. The minimum Gasteiger partial charge on any atom is -0.478 e. The van der Waals surface area contributed by atoms with Gasteiger partial charge in [0.05, 0.1) is 12.1 Å². The van der Waals surface area contributed by atoms with Crippen LogP contribution in [0.25, 0.3) is 28.4 Å². The summed E-state index contributed by atoms with van der Waals surface area (Å²) in [7, 11) is 0. The van der Waals surface area contributed by atoms with Crippen LogP contribution >= 0.6 is 0 Å². The molecule has 0 aliphatic carbocycles. The van der Waals surface area contributed by atoms with Crippen LogP contribution in [0.3, 0.4) is 0 Å². The highest BCUT2D eigenvalue weighted by atomic mass is 16.4. The Bertz CT molecular complexity index is 1170. The van der Waals surface area contributed by atoms with Gasteiger partial charge in [-0.3, -0.25) is 0 Å². The first-order chi connectivity index (χ1) is 13.7. The van der Waals surface area contributed by atoms with Crippen molar-refractivity contribution in [2.24, 2.45) is 0 Å². The molecule has 0 spiro atoms. The second-order valence-corrected chi connectivity index (χ2v) is 6.45. The van der Waals surface area contributed by atoms with E-state index in [4.69, 9.17) is 0 Å². The maximum absolute atomic E-state index is 11.5. The molecule has 2 aromatic heterocycles. The van der Waals surface area contributed by atoms with Crippen molar-refractivity contribution in [3.05, 3.63) is 89.9 Å². The minimum absolute atomic E-state index is 0.301. The lowest BCUT2D eigenvalue weighted by molar-refractivity contribution is 0.0697. The molecule has 0 fully saturated rings. The fourth-order valence-electron chi connectivity index (χ4n) is 3.30. The normalized spacial score (nSPS) is 11.3. The first-order valence-corrected chi connectivity index (χ1v) is 9.03. The standard InChI is InChI=1S/C23H19N3O2/c1-2-6-21-25-20-9-5-14-24-22(20)26(21)15-16-10-12-17(13-11-16)18-7-3-4-8-19(18)23(27)28/h2-14H,15H2,1H3,(H,27,28). The van der Waals surface area contributed by atoms with Gasteiger partial charge in [0.25, 0.3) is 0 Å². The number of imidazole rings is 1. The summed E-state index contributed by atoms with van der Waals surface area (Å²) in [6.45, 7) is 2.60. The number of hydrogen-bond donors (Lipinski definition) is 1. The summed E-state index contributed by atoms with van der Waals surface area (Å²) in [5.41, 5.74) is 4.69. The molecule has 4 rings (SSSR count). The Kier molecular flexibility index (Phi) is 4.72. The molecule has 4 aromatic rings. The molecule has 0 saturated carbocycles. The number of rotatable bonds is 5. The molecule has 0 amide bonds. The predicted molar refractivity (Wildman–Crippen MR) is 110 cm³/mol. The van der Waals surface area contributed by atoms with E-state index in [-0.39, 0.29) is 0 Å². The zero-order valence-corrected chi connectivity index (χ0v) is 15.4. The number of hydrogen-bond acceptors (Lipinski definition) is 3. The van der Waals surface area contributed by atoms with Gasteiger partial charge in [0.2, 0.25) is 0 Å². The molecule has 0 saturated heterocycles. The molecule has 2 heterocycles. The predicted octanol–water partition coefficient (Wildman–Crippen LogP) is 4.88. The molecule has 138 valence electrons. The fourth-order valence-corrected chi connectivity index (χ4v) is 3.30. The third-order valence-electron chi connectivity index (χ3n) is 4.61. The molecule has 1 N–H and O–H groups in total. The smallest absolute Gasteiger partial charge is 0.336 e. The molecule has 0 unspecified atom stereocenters. The number of carboxylic acid groups (broad SMARTS) is 1. The number of fused-ring (bicyclic) bond motifs is 1. The average molecular weight is 369 g/mol. The summed E-state index contributed by atoms with van der Waals surface area (Å²) in [5, 5.41) is 9.41. The van der Waals surface area contributed by atoms with E-state index in [1.165, 1.54) is 0 Å². The van der Waals surface area contributed by atoms with Crippen LogP contribution in [0.2, 0.25) is 0 Å². The van der Waals surface area contributed by atoms with E-state index in [9.17, 15) is 9.90 Å². The quantitative estimate of drug-likeness (QED) is 0.544. The number of aromatic nitrogens is 3. The molecule has 28 heavy (non-hydrogen) atoms. The van der Waals surface area contributed by atoms with E-state index >= 15 is 0 Å². The van der Waals surface area contributed by atoms with Crippen LogP contribution in [0.5, 0.6) is 0 Å². The summed E-state index contributed by atoms with van der Waals surface area (Å²) >= 11 is 0. The number of allylic oxidation sites excluding steroid dienone is 1. The third kappa shape index (κ3) is 3.30. The highest BCUT2D eigenvalue weighted by molar-refractivity contribution is 5.96. The van der Waals surface area contributed by atoms with E-state index in [1.54, 1.807) is 18.3 Å². The average Bonchev–Trinajstić information content (AvgIpc) is 3.06. The molecule has 5 heteroatoms. The van der Waals surface area contributed by atoms with Crippen LogP contribution in [0.1, 0.15) is 28.7 Å². The van der Waals surface area contributed by atoms with Gasteiger partial charge >= 0.3 is 5.97 Å². The molecule has 5 nitrogen and oxygen atoms in total. The van der Waals surface area contributed by atoms with E-state index in [1.807, 2.05) is 67.6 Å². The topological polar surface area (TPSA) is 68.0 Å². The van der Waals surface area contributed by atoms with Gasteiger partial charge in [-0.1, -0.05) is 48.5 Å². The first kappa shape index (κ1) is 17.7. The van der Waals surface area contributed by atoms with E-state index in [0.717, 1.165) is 28.1 Å². The van der Waals surface area contributed by atoms with Gasteiger partial charge in [0.1, 0.15) is 11.3 Å². The van der Waals surface area contributed by atoms with Crippen molar-refractivity contribution in [3.8, 4) is 11.1 Å². The number of nitrogens with zero attached hydrogens (tertiary/aromatic N) is 3. The van der Waals surface area contributed by atoms with Crippen LogP contribution in [-0.2, 0) is 6.54 Å². The second-order valence-electron chi connectivity index (χ2n) is 6.45. The zero-order valence-electron chi connectivity index (χ0n) is 15.4. The Morgan fingerprint density at radius 1 is 1.07 bits per heavy atom. The summed E-state index contributed by atoms with van der Waals surface area (Å²) in [4.78, 5) is 20.6. The van der Waals surface area contributed by atoms with Crippen LogP contribution < -0.4 is 0 Å². The van der Waals surface area contributed by atoms with Gasteiger partial charge in [-0.2, -0.15) is 0 Å². The molecule has 0 bridgehead atoms. The Hall–Kier alpha value is -3.73. The van der Waals surface area contributed by atoms with Crippen molar-refractivity contribution in [3.63, 3.8) is 0 Å². The fraction of sp³-hybridized carbons (Fsp3) is 0.0870. The first-order valence-electron chi connectivity index (χ1n) is 9.03. The number of carboxylic acids is 1. The van der Waals surface area contributed by atoms with Crippen LogP contribution in [0.4, 0.5) is 0 Å². The Morgan fingerprint density at radius 3 is 2.61 bits per heavy atom. The Balaban J connectivity index is 1.69. The third-order valence-corrected chi connectivity index (χ3v) is 4.61. The summed E-state index contributed by atoms with van der Waals surface area (Å²) < 4.78 is 2.08. The Labute approximate surface area is 162 Å². The molecule has 0 atom stereocenters. The van der Waals surface area contributed by atoms with Crippen molar-refractivity contribution < 1.29 is 9.90 Å². The molecule has 0 aliphatic rings. The summed E-state index contributed by atoms with van der Waals surface area (Å²) in [5.74, 6) is -0.0665. The maximum Gasteiger partial charge on any atom is 0.336 e. The summed E-state index contributed by atoms with van der Waals surface area (Å²) in [6.07, 6.45) is 5.70. The monoisotopic (exact) mass is 369 g/mol. The van der Waals surface area contributed by atoms with E-state index in [0.29, 0.717) is 17.7 Å². The largest absolute Gasteiger partial charge is 0.478 e. The minimum atomic E-state index is -0.924. The van der Waals surface area contributed by atoms with Gasteiger partial charge in [-0.15, -0.1) is 0 Å². The van der Waals surface area contributed by atoms with Crippen molar-refractivity contribution >= 4 is 23.2 Å². The zero-order chi connectivity index (χ0) is 19.5. The van der Waals surface area contributed by atoms with Gasteiger partial charge in [0, 0.05) is 6.20 Å². The Morgan fingerprint density at radius 2 is 1.86 bits per heavy atom. The molecular weight excluding hydrogens is 350 g/mol. The molecule has 0 radical (unpaired) electrons. The van der Waals surface area contributed by atoms with Crippen molar-refractivity contribution in [1.29, 1.82) is 0 Å². The lowest BCUT2D eigenvalue weighted by Gasteiger charge is -2.09. The van der Waals surface area contributed by atoms with Gasteiger partial charge in [-0.05, 0) is 47.9 Å². The number of benzene rings is 2. The molecular formula is C23H19N3O2. The number of aromatic carboxylic acids is 1. The lowest BCUT2D eigenvalue weighted by atomic mass is 9.99. The SMILES string of the molecule is CC=Cc1nc2cccnc2n1Cc1ccc(-c2ccccc2C(=O)O)cc1. The van der Waals surface area contributed by atoms with E-state index < -0.39 is 5.97 Å². The highest BCUT2D eigenvalue weighted by Gasteiger charge is 2.12. The van der Waals surface area contributed by atoms with Gasteiger partial charge < -0.3 is 9.67 Å². The van der Waals surface area contributed by atoms with Crippen LogP contribution in [0.15, 0.2) is 72.9 Å². The number of pyridine rings is 1. The van der Waals surface area contributed by atoms with Crippen molar-refractivity contribution in [2.45, 2.75) is 13.5 Å². The lowest BCUT2D eigenvalue weighted by Crippen LogP contribution is -2.03. The van der Waals surface area contributed by atoms with E-state index in [2.05, 4.69) is 14.5 Å². The van der Waals surface area contributed by atoms with Crippen molar-refractivity contribution in [1.82, 2.24) is 14.5 Å². The van der Waals surface area contributed by atoms with Crippen LogP contribution in [-0.4, -0.2) is 25.6 Å². The molecule has 0 aliphatic heterocycles. The van der Waals surface area contributed by atoms with Gasteiger partial charge in [0.15, 0.2) is 5.65 Å². The van der Waals surface area contributed by atoms with Crippen LogP contribution in [0, 0.1) is 0 Å². The summed E-state index contributed by atoms with van der Waals surface area (Å²) in [6, 6.07) is 18.8. The maximum atomic E-state index is 11.5.